The third kappa shape index (κ3) is 3.23. The number of hydrogen-bond acceptors (Lipinski definition) is 5. The number of carbonyl (C=O) groups is 2. The van der Waals surface area contributed by atoms with Gasteiger partial charge in [0.05, 0.1) is 16.8 Å². The van der Waals surface area contributed by atoms with Crippen molar-refractivity contribution in [2.24, 2.45) is 11.8 Å². The van der Waals surface area contributed by atoms with Gasteiger partial charge in [-0.2, -0.15) is 0 Å². The number of rotatable bonds is 3. The number of fused-ring (bicyclic) bond motifs is 1. The molecule has 1 aromatic carbocycles. The van der Waals surface area contributed by atoms with Crippen LogP contribution in [0.1, 0.15) is 53.0 Å². The van der Waals surface area contributed by atoms with Gasteiger partial charge >= 0.3 is 6.09 Å². The lowest BCUT2D eigenvalue weighted by Gasteiger charge is -2.27. The highest BCUT2D eigenvalue weighted by Crippen LogP contribution is 2.47. The van der Waals surface area contributed by atoms with Crippen molar-refractivity contribution in [3.63, 3.8) is 0 Å². The van der Waals surface area contributed by atoms with Crippen LogP contribution in [-0.2, 0) is 14.9 Å². The summed E-state index contributed by atoms with van der Waals surface area (Å²) in [5, 5.41) is 1.66. The zero-order chi connectivity index (χ0) is 18.6. The van der Waals surface area contributed by atoms with Crippen LogP contribution in [0.25, 0.3) is 0 Å². The Morgan fingerprint density at radius 3 is 2.56 bits per heavy atom. The molecule has 1 fully saturated rings. The molecule has 0 radical (unpaired) electrons. The van der Waals surface area contributed by atoms with Crippen LogP contribution in [0.3, 0.4) is 0 Å². The maximum Gasteiger partial charge on any atom is 0.421 e. The zero-order valence-electron chi connectivity index (χ0n) is 15.6. The van der Waals surface area contributed by atoms with E-state index in [0.29, 0.717) is 23.8 Å². The molecule has 0 bridgehead atoms. The predicted octanol–water partition coefficient (Wildman–Crippen LogP) is 3.34. The number of benzene rings is 1. The molecule has 0 aromatic heterocycles. The first-order valence-corrected chi connectivity index (χ1v) is 8.75. The number of imide groups is 1. The van der Waals surface area contributed by atoms with E-state index in [4.69, 9.17) is 10.6 Å². The van der Waals surface area contributed by atoms with Crippen LogP contribution in [0.5, 0.6) is 0 Å². The number of nitrogens with zero attached hydrogens (tertiary/aromatic N) is 2. The van der Waals surface area contributed by atoms with Crippen LogP contribution in [0.4, 0.5) is 16.2 Å². The lowest BCUT2D eigenvalue weighted by molar-refractivity contribution is -0.121. The van der Waals surface area contributed by atoms with Gasteiger partial charge in [0.1, 0.15) is 5.60 Å². The molecule has 2 N–H and O–H groups in total. The number of amides is 2. The molecular weight excluding hydrogens is 318 g/mol. The van der Waals surface area contributed by atoms with Crippen molar-refractivity contribution in [2.75, 3.05) is 16.5 Å². The molecule has 6 nitrogen and oxygen atoms in total. The number of carbonyl (C=O) groups excluding carboxylic acids is 2. The number of anilines is 2. The van der Waals surface area contributed by atoms with E-state index in [2.05, 4.69) is 0 Å². The Kier molecular flexibility index (Phi) is 4.06. The number of nitrogens with two attached hydrogens (primary N) is 1. The van der Waals surface area contributed by atoms with Gasteiger partial charge in [0, 0.05) is 6.54 Å². The van der Waals surface area contributed by atoms with E-state index in [-0.39, 0.29) is 5.91 Å². The van der Waals surface area contributed by atoms with E-state index in [1.165, 1.54) is 12.8 Å². The molecule has 25 heavy (non-hydrogen) atoms. The van der Waals surface area contributed by atoms with Crippen molar-refractivity contribution >= 4 is 23.4 Å². The molecule has 2 aliphatic rings. The van der Waals surface area contributed by atoms with Crippen LogP contribution in [0, 0.1) is 5.92 Å². The molecule has 6 heteroatoms. The van der Waals surface area contributed by atoms with Crippen molar-refractivity contribution < 1.29 is 14.3 Å². The normalized spacial score (nSPS) is 19.0. The van der Waals surface area contributed by atoms with Crippen LogP contribution in [0.15, 0.2) is 18.2 Å². The lowest BCUT2D eigenvalue weighted by atomic mass is 9.86. The first-order chi connectivity index (χ1) is 11.5. The zero-order valence-corrected chi connectivity index (χ0v) is 15.6. The molecule has 136 valence electrons. The molecule has 1 aliphatic heterocycles. The summed E-state index contributed by atoms with van der Waals surface area (Å²) in [5.74, 6) is 6.57. The standard InChI is InChI=1S/C19H27N3O3/c1-18(2,3)25-17(24)22-15-13(19(4,5)16(22)23)7-6-8-14(15)21(20)11-12-9-10-12/h6-8,12H,9-11,20H2,1-5H3. The quantitative estimate of drug-likeness (QED) is 0.672. The minimum absolute atomic E-state index is 0.288. The molecule has 0 unspecified atom stereocenters. The highest BCUT2D eigenvalue weighted by molar-refractivity contribution is 6.22. The van der Waals surface area contributed by atoms with Crippen molar-refractivity contribution in [3.05, 3.63) is 23.8 Å². The van der Waals surface area contributed by atoms with Crippen molar-refractivity contribution in [2.45, 2.75) is 58.5 Å². The number of ether oxygens (including phenoxy) is 1. The van der Waals surface area contributed by atoms with Crippen LogP contribution in [-0.4, -0.2) is 24.1 Å². The summed E-state index contributed by atoms with van der Waals surface area (Å²) in [4.78, 5) is 26.9. The first kappa shape index (κ1) is 17.7. The maximum atomic E-state index is 13.0. The summed E-state index contributed by atoms with van der Waals surface area (Å²) in [6, 6.07) is 5.62. The predicted molar refractivity (Wildman–Crippen MR) is 97.4 cm³/mol. The third-order valence-electron chi connectivity index (χ3n) is 4.69. The van der Waals surface area contributed by atoms with E-state index in [0.717, 1.165) is 10.5 Å². The molecule has 3 rings (SSSR count). The summed E-state index contributed by atoms with van der Waals surface area (Å²) in [6.45, 7) is 9.71. The molecule has 1 heterocycles. The molecule has 0 saturated heterocycles. The van der Waals surface area contributed by atoms with Gasteiger partial charge in [-0.15, -0.1) is 0 Å². The molecule has 0 spiro atoms. The van der Waals surface area contributed by atoms with Crippen LogP contribution < -0.4 is 15.8 Å². The topological polar surface area (TPSA) is 75.9 Å². The van der Waals surface area contributed by atoms with Gasteiger partial charge in [0.25, 0.3) is 0 Å². The Labute approximate surface area is 148 Å². The van der Waals surface area contributed by atoms with Gasteiger partial charge < -0.3 is 9.75 Å². The average molecular weight is 345 g/mol. The Morgan fingerprint density at radius 1 is 1.36 bits per heavy atom. The third-order valence-corrected chi connectivity index (χ3v) is 4.69. The minimum atomic E-state index is -0.803. The fourth-order valence-corrected chi connectivity index (χ4v) is 3.16. The molecule has 2 amide bonds. The van der Waals surface area contributed by atoms with Gasteiger partial charge in [-0.25, -0.2) is 15.5 Å². The van der Waals surface area contributed by atoms with Gasteiger partial charge in [0.2, 0.25) is 5.91 Å². The molecule has 1 saturated carbocycles. The summed E-state index contributed by atoms with van der Waals surface area (Å²) in [5.41, 5.74) is 0.550. The summed E-state index contributed by atoms with van der Waals surface area (Å²) >= 11 is 0. The number of hydrogen-bond donors (Lipinski definition) is 1. The maximum absolute atomic E-state index is 13.0. The fourth-order valence-electron chi connectivity index (χ4n) is 3.16. The Morgan fingerprint density at radius 2 is 2.00 bits per heavy atom. The second kappa shape index (κ2) is 5.73. The Balaban J connectivity index is 2.05. The number of hydrazine groups is 1. The van der Waals surface area contributed by atoms with E-state index < -0.39 is 17.1 Å². The van der Waals surface area contributed by atoms with Gasteiger partial charge in [0.15, 0.2) is 0 Å². The van der Waals surface area contributed by atoms with E-state index in [9.17, 15) is 9.59 Å². The number of para-hydroxylation sites is 1. The summed E-state index contributed by atoms with van der Waals surface area (Å²) < 4.78 is 5.48. The lowest BCUT2D eigenvalue weighted by Crippen LogP contribution is -2.44. The van der Waals surface area contributed by atoms with Crippen LogP contribution in [0.2, 0.25) is 0 Å². The van der Waals surface area contributed by atoms with Crippen molar-refractivity contribution in [1.82, 2.24) is 0 Å². The fraction of sp³-hybridized carbons (Fsp3) is 0.579. The van der Waals surface area contributed by atoms with Crippen molar-refractivity contribution in [1.29, 1.82) is 0 Å². The molecule has 1 aromatic rings. The Bertz CT molecular complexity index is 717. The highest BCUT2D eigenvalue weighted by Gasteiger charge is 2.49. The highest BCUT2D eigenvalue weighted by atomic mass is 16.6. The largest absolute Gasteiger partial charge is 0.443 e. The molecular formula is C19H27N3O3. The van der Waals surface area contributed by atoms with E-state index >= 15 is 0 Å². The minimum Gasteiger partial charge on any atom is -0.443 e. The first-order valence-electron chi connectivity index (χ1n) is 8.75. The second-order valence-electron chi connectivity index (χ2n) is 8.51. The summed E-state index contributed by atoms with van der Waals surface area (Å²) in [6.07, 6.45) is 1.68. The smallest absolute Gasteiger partial charge is 0.421 e. The van der Waals surface area contributed by atoms with Crippen molar-refractivity contribution in [3.8, 4) is 0 Å². The summed E-state index contributed by atoms with van der Waals surface area (Å²) in [7, 11) is 0. The monoisotopic (exact) mass is 345 g/mol. The average Bonchev–Trinajstić information content (AvgIpc) is 3.25. The van der Waals surface area contributed by atoms with E-state index in [1.807, 2.05) is 32.0 Å². The van der Waals surface area contributed by atoms with Gasteiger partial charge in [-0.3, -0.25) is 4.79 Å². The van der Waals surface area contributed by atoms with E-state index in [1.54, 1.807) is 25.8 Å². The SMILES string of the molecule is CC(C)(C)OC(=O)N1C(=O)C(C)(C)c2cccc(N(N)CC3CC3)c21. The van der Waals surface area contributed by atoms with Crippen LogP contribution >= 0.6 is 0 Å². The molecule has 1 aliphatic carbocycles. The van der Waals surface area contributed by atoms with Gasteiger partial charge in [-0.05, 0) is 65.0 Å². The Hall–Kier alpha value is -2.08. The van der Waals surface area contributed by atoms with Gasteiger partial charge in [-0.1, -0.05) is 12.1 Å². The molecule has 0 atom stereocenters. The second-order valence-corrected chi connectivity index (χ2v) is 8.51.